The van der Waals surface area contributed by atoms with Crippen molar-refractivity contribution < 1.29 is 18.1 Å². The van der Waals surface area contributed by atoms with Crippen molar-refractivity contribution in [3.05, 3.63) is 99.4 Å². The lowest BCUT2D eigenvalue weighted by molar-refractivity contribution is -0.384. The summed E-state index contributed by atoms with van der Waals surface area (Å²) in [6.07, 6.45) is 0. The van der Waals surface area contributed by atoms with E-state index in [4.69, 9.17) is 0 Å². The van der Waals surface area contributed by atoms with Crippen molar-refractivity contribution in [2.24, 2.45) is 0 Å². The summed E-state index contributed by atoms with van der Waals surface area (Å²) in [5.74, 6) is -0.423. The zero-order valence-corrected chi connectivity index (χ0v) is 19.4. The van der Waals surface area contributed by atoms with Gasteiger partial charge in [-0.2, -0.15) is 0 Å². The van der Waals surface area contributed by atoms with Crippen molar-refractivity contribution >= 4 is 43.8 Å². The fraction of sp³-hybridized carbons (Fsp3) is 0.0435. The number of nitro benzene ring substituents is 1. The first-order valence-corrected chi connectivity index (χ1v) is 12.3. The summed E-state index contributed by atoms with van der Waals surface area (Å²) >= 11 is 1.19. The second kappa shape index (κ2) is 9.41. The number of carbonyl (C=O) groups excluding carboxylic acids is 1. The average molecular weight is 495 g/mol. The van der Waals surface area contributed by atoms with Gasteiger partial charge in [0, 0.05) is 34.3 Å². The van der Waals surface area contributed by atoms with Crippen LogP contribution in [-0.2, 0) is 10.0 Å². The van der Waals surface area contributed by atoms with Crippen LogP contribution in [0.25, 0.3) is 11.3 Å². The Morgan fingerprint density at radius 1 is 1.03 bits per heavy atom. The van der Waals surface area contributed by atoms with E-state index in [1.54, 1.807) is 29.6 Å². The molecule has 3 aromatic carbocycles. The number of amides is 1. The van der Waals surface area contributed by atoms with Gasteiger partial charge in [0.15, 0.2) is 5.13 Å². The van der Waals surface area contributed by atoms with Crippen molar-refractivity contribution in [1.82, 2.24) is 4.98 Å². The molecule has 0 fully saturated rings. The number of thiazole rings is 1. The Kier molecular flexibility index (Phi) is 6.39. The minimum atomic E-state index is -3.74. The number of aromatic nitrogens is 1. The summed E-state index contributed by atoms with van der Waals surface area (Å²) in [5, 5.41) is 15.7. The molecule has 0 spiro atoms. The topological polar surface area (TPSA) is 131 Å². The molecule has 0 aliphatic carbocycles. The molecule has 0 radical (unpaired) electrons. The minimum Gasteiger partial charge on any atom is -0.298 e. The van der Waals surface area contributed by atoms with E-state index in [2.05, 4.69) is 15.0 Å². The van der Waals surface area contributed by atoms with Gasteiger partial charge in [-0.3, -0.25) is 24.9 Å². The van der Waals surface area contributed by atoms with E-state index in [-0.39, 0.29) is 10.6 Å². The number of aryl methyl sites for hydroxylation is 1. The number of rotatable bonds is 7. The lowest BCUT2D eigenvalue weighted by Gasteiger charge is -2.09. The second-order valence-electron chi connectivity index (χ2n) is 7.30. The Hall–Kier alpha value is -4.09. The van der Waals surface area contributed by atoms with Gasteiger partial charge in [0.25, 0.3) is 21.6 Å². The molecule has 172 valence electrons. The largest absolute Gasteiger partial charge is 0.298 e. The number of nitro groups is 1. The molecule has 0 aliphatic rings. The van der Waals surface area contributed by atoms with Gasteiger partial charge in [-0.1, -0.05) is 29.8 Å². The number of nitrogens with zero attached hydrogens (tertiary/aromatic N) is 2. The molecule has 4 aromatic rings. The van der Waals surface area contributed by atoms with Crippen molar-refractivity contribution in [3.8, 4) is 11.3 Å². The van der Waals surface area contributed by atoms with Gasteiger partial charge in [0.2, 0.25) is 0 Å². The number of hydrogen-bond donors (Lipinski definition) is 2. The van der Waals surface area contributed by atoms with Crippen LogP contribution < -0.4 is 10.0 Å². The zero-order chi connectivity index (χ0) is 24.3. The Morgan fingerprint density at radius 3 is 2.41 bits per heavy atom. The summed E-state index contributed by atoms with van der Waals surface area (Å²) in [4.78, 5) is 27.5. The number of benzene rings is 3. The number of hydrogen-bond acceptors (Lipinski definition) is 7. The number of anilines is 2. The Bertz CT molecular complexity index is 1460. The van der Waals surface area contributed by atoms with E-state index in [1.807, 2.05) is 6.92 Å². The molecule has 0 atom stereocenters. The SMILES string of the molecule is Cc1ccc(S(=O)(=O)Nc2ccc(C(=O)Nc3nc(-c4cccc([N+](=O)[O-])c4)cs3)cc2)cc1. The smallest absolute Gasteiger partial charge is 0.270 e. The standard InChI is InChI=1S/C23H18N4O5S2/c1-15-5-11-20(12-6-15)34(31,32)26-18-9-7-16(8-10-18)22(28)25-23-24-21(14-33-23)17-3-2-4-19(13-17)27(29)30/h2-14,26H,1H3,(H,24,25,28). The van der Waals surface area contributed by atoms with Gasteiger partial charge in [0.1, 0.15) is 0 Å². The van der Waals surface area contributed by atoms with E-state index in [1.165, 1.54) is 59.9 Å². The summed E-state index contributed by atoms with van der Waals surface area (Å²) in [7, 11) is -3.74. The Labute approximate surface area is 199 Å². The van der Waals surface area contributed by atoms with E-state index >= 15 is 0 Å². The molecule has 34 heavy (non-hydrogen) atoms. The predicted octanol–water partition coefficient (Wildman–Crippen LogP) is 5.08. The highest BCUT2D eigenvalue weighted by molar-refractivity contribution is 7.92. The van der Waals surface area contributed by atoms with Crippen LogP contribution in [0.4, 0.5) is 16.5 Å². The number of nitrogens with one attached hydrogen (secondary N) is 2. The number of carbonyl (C=O) groups is 1. The van der Waals surface area contributed by atoms with E-state index in [0.717, 1.165) is 5.56 Å². The monoisotopic (exact) mass is 494 g/mol. The van der Waals surface area contributed by atoms with Crippen LogP contribution in [0.3, 0.4) is 0 Å². The maximum atomic E-state index is 12.6. The van der Waals surface area contributed by atoms with Crippen LogP contribution in [0.5, 0.6) is 0 Å². The Balaban J connectivity index is 1.43. The van der Waals surface area contributed by atoms with Gasteiger partial charge in [-0.25, -0.2) is 13.4 Å². The van der Waals surface area contributed by atoms with Crippen LogP contribution in [0.2, 0.25) is 0 Å². The minimum absolute atomic E-state index is 0.0471. The third-order valence-corrected chi connectivity index (χ3v) is 6.96. The van der Waals surface area contributed by atoms with Crippen molar-refractivity contribution in [2.75, 3.05) is 10.0 Å². The van der Waals surface area contributed by atoms with Gasteiger partial charge in [0.05, 0.1) is 15.5 Å². The molecule has 0 unspecified atom stereocenters. The average Bonchev–Trinajstić information content (AvgIpc) is 3.28. The third kappa shape index (κ3) is 5.27. The highest BCUT2D eigenvalue weighted by atomic mass is 32.2. The van der Waals surface area contributed by atoms with Gasteiger partial charge < -0.3 is 0 Å². The van der Waals surface area contributed by atoms with E-state index in [0.29, 0.717) is 27.6 Å². The van der Waals surface area contributed by atoms with Gasteiger partial charge in [-0.15, -0.1) is 11.3 Å². The van der Waals surface area contributed by atoms with Crippen LogP contribution >= 0.6 is 11.3 Å². The van der Waals surface area contributed by atoms with Crippen LogP contribution in [0.1, 0.15) is 15.9 Å². The molecule has 0 aliphatic heterocycles. The normalized spacial score (nSPS) is 11.1. The molecule has 1 amide bonds. The van der Waals surface area contributed by atoms with Crippen LogP contribution in [0.15, 0.2) is 83.1 Å². The van der Waals surface area contributed by atoms with Gasteiger partial charge >= 0.3 is 0 Å². The molecule has 1 heterocycles. The molecular weight excluding hydrogens is 476 g/mol. The molecule has 9 nitrogen and oxygen atoms in total. The molecule has 1 aromatic heterocycles. The zero-order valence-electron chi connectivity index (χ0n) is 17.8. The van der Waals surface area contributed by atoms with Gasteiger partial charge in [-0.05, 0) is 43.3 Å². The molecule has 2 N–H and O–H groups in total. The number of sulfonamides is 1. The van der Waals surface area contributed by atoms with Crippen molar-refractivity contribution in [2.45, 2.75) is 11.8 Å². The Morgan fingerprint density at radius 2 is 1.74 bits per heavy atom. The summed E-state index contributed by atoms with van der Waals surface area (Å²) < 4.78 is 27.5. The molecular formula is C23H18N4O5S2. The van der Waals surface area contributed by atoms with Crippen molar-refractivity contribution in [3.63, 3.8) is 0 Å². The third-order valence-electron chi connectivity index (χ3n) is 4.81. The summed E-state index contributed by atoms with van der Waals surface area (Å²) in [6.45, 7) is 1.87. The first-order valence-electron chi connectivity index (χ1n) is 9.92. The summed E-state index contributed by atoms with van der Waals surface area (Å²) in [5.41, 5.74) is 2.60. The molecule has 0 bridgehead atoms. The predicted molar refractivity (Wildman–Crippen MR) is 131 cm³/mol. The van der Waals surface area contributed by atoms with Crippen LogP contribution in [0, 0.1) is 17.0 Å². The fourth-order valence-corrected chi connectivity index (χ4v) is 4.81. The molecule has 11 heteroatoms. The molecule has 4 rings (SSSR count). The lowest BCUT2D eigenvalue weighted by atomic mass is 10.1. The molecule has 0 saturated carbocycles. The maximum Gasteiger partial charge on any atom is 0.270 e. The van der Waals surface area contributed by atoms with E-state index in [9.17, 15) is 23.3 Å². The number of non-ortho nitro benzene ring substituents is 1. The second-order valence-corrected chi connectivity index (χ2v) is 9.84. The maximum absolute atomic E-state index is 12.6. The van der Waals surface area contributed by atoms with Crippen LogP contribution in [-0.4, -0.2) is 24.2 Å². The summed E-state index contributed by atoms with van der Waals surface area (Å²) in [6, 6.07) is 18.5. The van der Waals surface area contributed by atoms with E-state index < -0.39 is 20.9 Å². The molecule has 0 saturated heterocycles. The van der Waals surface area contributed by atoms with Crippen molar-refractivity contribution in [1.29, 1.82) is 0 Å². The first kappa shape index (κ1) is 23.1. The first-order chi connectivity index (χ1) is 16.2. The lowest BCUT2D eigenvalue weighted by Crippen LogP contribution is -2.14. The highest BCUT2D eigenvalue weighted by Gasteiger charge is 2.15. The fourth-order valence-electron chi connectivity index (χ4n) is 3.03. The quantitative estimate of drug-likeness (QED) is 0.272. The highest BCUT2D eigenvalue weighted by Crippen LogP contribution is 2.28.